The van der Waals surface area contributed by atoms with Gasteiger partial charge in [0.05, 0.1) is 18.0 Å². The van der Waals surface area contributed by atoms with Crippen molar-refractivity contribution in [1.82, 2.24) is 0 Å². The predicted molar refractivity (Wildman–Crippen MR) is 90.2 cm³/mol. The zero-order valence-electron chi connectivity index (χ0n) is 13.3. The lowest BCUT2D eigenvalue weighted by Gasteiger charge is -2.45. The Labute approximate surface area is 137 Å². The highest BCUT2D eigenvalue weighted by atomic mass is 32.2. The zero-order valence-corrected chi connectivity index (χ0v) is 14.1. The van der Waals surface area contributed by atoms with Crippen molar-refractivity contribution in [2.75, 3.05) is 7.05 Å². The van der Waals surface area contributed by atoms with Crippen LogP contribution in [0.3, 0.4) is 0 Å². The topological polar surface area (TPSA) is 57.2 Å². The Balaban J connectivity index is 2.11. The summed E-state index contributed by atoms with van der Waals surface area (Å²) in [6.45, 7) is 1.84. The van der Waals surface area contributed by atoms with E-state index < -0.39 is 25.8 Å². The van der Waals surface area contributed by atoms with Crippen LogP contribution in [-0.2, 0) is 9.84 Å². The second-order valence-corrected chi connectivity index (χ2v) is 8.56. The van der Waals surface area contributed by atoms with Crippen LogP contribution in [0.1, 0.15) is 24.9 Å². The van der Waals surface area contributed by atoms with Crippen LogP contribution >= 0.6 is 0 Å². The number of likely N-dealkylation sites (tertiary alicyclic amines) is 1. The predicted octanol–water partition coefficient (Wildman–Crippen LogP) is 3.31. The highest BCUT2D eigenvalue weighted by Gasteiger charge is 2.52. The quantitative estimate of drug-likeness (QED) is 0.640. The highest BCUT2D eigenvalue weighted by molar-refractivity contribution is 7.92. The molecule has 4 atom stereocenters. The first-order chi connectivity index (χ1) is 10.8. The van der Waals surface area contributed by atoms with Crippen molar-refractivity contribution in [3.63, 3.8) is 0 Å². The minimum atomic E-state index is -3.56. The summed E-state index contributed by atoms with van der Waals surface area (Å²) in [4.78, 5) is 0.292. The molecular weight excluding hydrogens is 310 g/mol. The fraction of sp³-hybridized carbons (Fsp3) is 0.333. The fourth-order valence-electron chi connectivity index (χ4n) is 3.52. The minimum Gasteiger partial charge on any atom is -0.632 e. The largest absolute Gasteiger partial charge is 0.632 e. The van der Waals surface area contributed by atoms with Gasteiger partial charge in [0, 0.05) is 12.0 Å². The molecule has 1 heterocycles. The van der Waals surface area contributed by atoms with Gasteiger partial charge in [-0.2, -0.15) is 0 Å². The highest BCUT2D eigenvalue weighted by Crippen LogP contribution is 2.45. The van der Waals surface area contributed by atoms with Gasteiger partial charge in [-0.15, -0.1) is 0 Å². The van der Waals surface area contributed by atoms with E-state index in [-0.39, 0.29) is 6.04 Å². The summed E-state index contributed by atoms with van der Waals surface area (Å²) in [6, 6.07) is 16.9. The van der Waals surface area contributed by atoms with Crippen molar-refractivity contribution in [2.45, 2.75) is 35.6 Å². The van der Waals surface area contributed by atoms with E-state index in [4.69, 9.17) is 0 Å². The van der Waals surface area contributed by atoms with E-state index in [0.717, 1.165) is 5.56 Å². The molecule has 122 valence electrons. The minimum absolute atomic E-state index is 0.260. The van der Waals surface area contributed by atoms with E-state index in [0.29, 0.717) is 11.3 Å². The smallest absolute Gasteiger partial charge is 0.187 e. The van der Waals surface area contributed by atoms with Crippen LogP contribution in [0.25, 0.3) is 0 Å². The summed E-state index contributed by atoms with van der Waals surface area (Å²) in [7, 11) is -1.97. The number of sulfone groups is 1. The van der Waals surface area contributed by atoms with E-state index in [1.165, 1.54) is 0 Å². The Kier molecular flexibility index (Phi) is 4.04. The number of quaternary nitrogens is 1. The van der Waals surface area contributed by atoms with Crippen LogP contribution in [0.2, 0.25) is 0 Å². The molecule has 0 bridgehead atoms. The lowest BCUT2D eigenvalue weighted by atomic mass is 10.0. The zero-order chi connectivity index (χ0) is 16.7. The van der Waals surface area contributed by atoms with Crippen LogP contribution < -0.4 is 0 Å². The Morgan fingerprint density at radius 1 is 1.00 bits per heavy atom. The monoisotopic (exact) mass is 331 g/mol. The molecule has 0 aromatic heterocycles. The lowest BCUT2D eigenvalue weighted by molar-refractivity contribution is -0.900. The molecule has 1 saturated heterocycles. The molecular formula is C18H21NO3S. The molecule has 2 aromatic rings. The number of hydrogen-bond donors (Lipinski definition) is 0. The number of rotatable bonds is 3. The molecule has 0 N–H and O–H groups in total. The van der Waals surface area contributed by atoms with Gasteiger partial charge in [-0.25, -0.2) is 8.42 Å². The molecule has 23 heavy (non-hydrogen) atoms. The molecule has 0 saturated carbocycles. The maximum Gasteiger partial charge on any atom is 0.187 e. The molecule has 0 amide bonds. The SMILES string of the molecule is C[C@@H]1C[C@H](S(=O)(=O)c2ccccc2)[C@H](c2ccccc2)[N@+]1(C)[O-]. The molecule has 0 spiro atoms. The summed E-state index contributed by atoms with van der Waals surface area (Å²) in [5.74, 6) is 0. The molecule has 5 heteroatoms. The first-order valence-corrected chi connectivity index (χ1v) is 9.30. The molecule has 3 rings (SSSR count). The van der Waals surface area contributed by atoms with Crippen LogP contribution in [0.4, 0.5) is 0 Å². The van der Waals surface area contributed by atoms with E-state index in [1.807, 2.05) is 37.3 Å². The molecule has 4 nitrogen and oxygen atoms in total. The van der Waals surface area contributed by atoms with E-state index >= 15 is 0 Å². The molecule has 1 fully saturated rings. The average molecular weight is 331 g/mol. The number of hydroxylamine groups is 3. The molecule has 0 unspecified atom stereocenters. The van der Waals surface area contributed by atoms with Crippen molar-refractivity contribution in [3.05, 3.63) is 71.4 Å². The summed E-state index contributed by atoms with van der Waals surface area (Å²) in [5, 5.41) is 12.4. The first-order valence-electron chi connectivity index (χ1n) is 7.76. The maximum atomic E-state index is 13.1. The van der Waals surface area contributed by atoms with Gasteiger partial charge in [0.25, 0.3) is 0 Å². The van der Waals surface area contributed by atoms with Gasteiger partial charge in [-0.3, -0.25) is 0 Å². The van der Waals surface area contributed by atoms with Gasteiger partial charge in [-0.1, -0.05) is 48.5 Å². The third-order valence-corrected chi connectivity index (χ3v) is 7.14. The van der Waals surface area contributed by atoms with E-state index in [9.17, 15) is 13.6 Å². The summed E-state index contributed by atoms with van der Waals surface area (Å²) in [6.07, 6.45) is 0.372. The molecule has 2 aromatic carbocycles. The second-order valence-electron chi connectivity index (χ2n) is 6.40. The van der Waals surface area contributed by atoms with Gasteiger partial charge in [-0.05, 0) is 19.1 Å². The molecule has 0 radical (unpaired) electrons. The van der Waals surface area contributed by atoms with Crippen molar-refractivity contribution in [3.8, 4) is 0 Å². The maximum absolute atomic E-state index is 13.1. The van der Waals surface area contributed by atoms with Gasteiger partial charge < -0.3 is 9.85 Å². The average Bonchev–Trinajstić information content (AvgIpc) is 2.80. The van der Waals surface area contributed by atoms with Gasteiger partial charge in [0.15, 0.2) is 9.84 Å². The molecule has 0 aliphatic carbocycles. The van der Waals surface area contributed by atoms with Crippen molar-refractivity contribution in [1.29, 1.82) is 0 Å². The van der Waals surface area contributed by atoms with Gasteiger partial charge in [0.1, 0.15) is 11.3 Å². The van der Waals surface area contributed by atoms with Crippen molar-refractivity contribution in [2.24, 2.45) is 0 Å². The first kappa shape index (κ1) is 16.2. The third kappa shape index (κ3) is 2.69. The van der Waals surface area contributed by atoms with Crippen LogP contribution in [-0.4, -0.2) is 31.4 Å². The standard InChI is InChI=1S/C18H21NO3S/c1-14-13-17(23(21,22)16-11-7-4-8-12-16)18(19(14,2)20)15-9-5-3-6-10-15/h3-12,14,17-18H,13H2,1-2H3/t14-,17+,18+,19-/m1/s1. The van der Waals surface area contributed by atoms with E-state index in [1.54, 1.807) is 37.4 Å². The summed E-state index contributed by atoms with van der Waals surface area (Å²) in [5.41, 5.74) is 0.791. The third-order valence-electron chi connectivity index (χ3n) is 4.96. The second kappa shape index (κ2) is 5.74. The Hall–Kier alpha value is -1.69. The van der Waals surface area contributed by atoms with Crippen molar-refractivity contribution < 1.29 is 13.1 Å². The van der Waals surface area contributed by atoms with Gasteiger partial charge in [0.2, 0.25) is 0 Å². The number of benzene rings is 2. The lowest BCUT2D eigenvalue weighted by Crippen LogP contribution is -2.44. The van der Waals surface area contributed by atoms with Crippen molar-refractivity contribution >= 4 is 9.84 Å². The van der Waals surface area contributed by atoms with Gasteiger partial charge >= 0.3 is 0 Å². The van der Waals surface area contributed by atoms with Crippen LogP contribution in [0.5, 0.6) is 0 Å². The summed E-state index contributed by atoms with van der Waals surface area (Å²) < 4.78 is 25.7. The Morgan fingerprint density at radius 2 is 1.52 bits per heavy atom. The molecule has 1 aliphatic rings. The normalized spacial score (nSPS) is 31.2. The Bertz CT molecular complexity index is 772. The van der Waals surface area contributed by atoms with Crippen LogP contribution in [0.15, 0.2) is 65.6 Å². The molecule has 1 aliphatic heterocycles. The number of hydrogen-bond acceptors (Lipinski definition) is 3. The number of nitrogens with zero attached hydrogens (tertiary/aromatic N) is 1. The van der Waals surface area contributed by atoms with E-state index in [2.05, 4.69) is 0 Å². The van der Waals surface area contributed by atoms with Crippen LogP contribution in [0, 0.1) is 5.21 Å². The summed E-state index contributed by atoms with van der Waals surface area (Å²) >= 11 is 0. The Morgan fingerprint density at radius 3 is 2.09 bits per heavy atom. The fourth-order valence-corrected chi connectivity index (χ4v) is 5.68.